The molecule has 2 atom stereocenters. The lowest BCUT2D eigenvalue weighted by molar-refractivity contribution is -0.384. The number of nitro groups is 1. The number of carbonyl (C=O) groups excluding carboxylic acids is 2. The topological polar surface area (TPSA) is 96.2 Å². The van der Waals surface area contributed by atoms with Crippen LogP contribution in [0, 0.1) is 22.0 Å². The minimum atomic E-state index is -0.425. The molecule has 0 N–H and O–H groups in total. The first-order chi connectivity index (χ1) is 16.5. The molecular weight excluding hydrogens is 436 g/mol. The standard InChI is InChI=1S/C25H28N4O5/c1-34-19-6-4-5-17(15-19)26-11-13-27(14-12-26)22-10-9-18(16-23(22)29(32)33)28-24(30)20-7-2-3-8-21(20)25(28)31/h4-6,9-10,15-16,20-21H,2-3,7-8,11-14H2,1H3. The Hall–Kier alpha value is -3.62. The number of anilines is 3. The van der Waals surface area contributed by atoms with Crippen LogP contribution in [0.1, 0.15) is 25.7 Å². The van der Waals surface area contributed by atoms with Gasteiger partial charge in [0.05, 0.1) is 29.6 Å². The average Bonchev–Trinajstić information content (AvgIpc) is 3.13. The summed E-state index contributed by atoms with van der Waals surface area (Å²) in [7, 11) is 1.64. The van der Waals surface area contributed by atoms with E-state index in [0.717, 1.165) is 24.3 Å². The van der Waals surface area contributed by atoms with Crippen molar-refractivity contribution in [3.05, 3.63) is 52.6 Å². The molecule has 178 valence electrons. The van der Waals surface area contributed by atoms with Crippen LogP contribution in [0.25, 0.3) is 0 Å². The minimum Gasteiger partial charge on any atom is -0.497 e. The number of methoxy groups -OCH3 is 1. The number of ether oxygens (including phenoxy) is 1. The number of benzene rings is 2. The van der Waals surface area contributed by atoms with E-state index >= 15 is 0 Å². The lowest BCUT2D eigenvalue weighted by Crippen LogP contribution is -2.46. The SMILES string of the molecule is COc1cccc(N2CCN(c3ccc(N4C(=O)C5CCCCC5C4=O)cc3[N+](=O)[O-])CC2)c1. The molecule has 2 saturated heterocycles. The first kappa shape index (κ1) is 22.2. The Labute approximate surface area is 198 Å². The van der Waals surface area contributed by atoms with Crippen molar-refractivity contribution < 1.29 is 19.2 Å². The van der Waals surface area contributed by atoms with Gasteiger partial charge in [-0.2, -0.15) is 0 Å². The second kappa shape index (κ2) is 8.96. The summed E-state index contributed by atoms with van der Waals surface area (Å²) in [5, 5.41) is 12.0. The van der Waals surface area contributed by atoms with Gasteiger partial charge in [0.25, 0.3) is 5.69 Å². The molecule has 2 amide bonds. The molecule has 0 bridgehead atoms. The van der Waals surface area contributed by atoms with Gasteiger partial charge in [-0.3, -0.25) is 19.7 Å². The summed E-state index contributed by atoms with van der Waals surface area (Å²) < 4.78 is 5.31. The maximum atomic E-state index is 12.9. The summed E-state index contributed by atoms with van der Waals surface area (Å²) in [4.78, 5) is 42.8. The van der Waals surface area contributed by atoms with Crippen molar-refractivity contribution in [2.75, 3.05) is 48.0 Å². The second-order valence-electron chi connectivity index (χ2n) is 9.12. The molecule has 3 aliphatic rings. The van der Waals surface area contributed by atoms with Gasteiger partial charge in [-0.1, -0.05) is 18.9 Å². The maximum Gasteiger partial charge on any atom is 0.294 e. The summed E-state index contributed by atoms with van der Waals surface area (Å²) in [5.74, 6) is -0.223. The number of rotatable bonds is 5. The fourth-order valence-electron chi connectivity index (χ4n) is 5.49. The zero-order chi connectivity index (χ0) is 23.8. The Morgan fingerprint density at radius 1 is 0.882 bits per heavy atom. The van der Waals surface area contributed by atoms with E-state index in [9.17, 15) is 19.7 Å². The zero-order valence-corrected chi connectivity index (χ0v) is 19.2. The van der Waals surface area contributed by atoms with E-state index in [1.165, 1.54) is 11.0 Å². The zero-order valence-electron chi connectivity index (χ0n) is 19.2. The van der Waals surface area contributed by atoms with Gasteiger partial charge in [-0.25, -0.2) is 4.90 Å². The van der Waals surface area contributed by atoms with Gasteiger partial charge < -0.3 is 14.5 Å². The summed E-state index contributed by atoms with van der Waals surface area (Å²) >= 11 is 0. The van der Waals surface area contributed by atoms with E-state index in [2.05, 4.69) is 4.90 Å². The number of piperazine rings is 1. The van der Waals surface area contributed by atoms with Crippen molar-refractivity contribution in [1.82, 2.24) is 0 Å². The van der Waals surface area contributed by atoms with E-state index in [0.29, 0.717) is 50.4 Å². The van der Waals surface area contributed by atoms with Crippen LogP contribution in [0.15, 0.2) is 42.5 Å². The fourth-order valence-corrected chi connectivity index (χ4v) is 5.49. The lowest BCUT2D eigenvalue weighted by Gasteiger charge is -2.37. The molecular formula is C25H28N4O5. The van der Waals surface area contributed by atoms with Crippen LogP contribution in [0.4, 0.5) is 22.7 Å². The van der Waals surface area contributed by atoms with Gasteiger partial charge in [0.1, 0.15) is 11.4 Å². The molecule has 2 unspecified atom stereocenters. The number of nitro benzene ring substituents is 1. The highest BCUT2D eigenvalue weighted by Gasteiger charge is 2.49. The second-order valence-corrected chi connectivity index (χ2v) is 9.12. The molecule has 2 aliphatic heterocycles. The van der Waals surface area contributed by atoms with Crippen molar-refractivity contribution in [2.45, 2.75) is 25.7 Å². The Kier molecular flexibility index (Phi) is 5.85. The van der Waals surface area contributed by atoms with Crippen molar-refractivity contribution in [2.24, 2.45) is 11.8 Å². The average molecular weight is 465 g/mol. The smallest absolute Gasteiger partial charge is 0.294 e. The molecule has 3 fully saturated rings. The molecule has 5 rings (SSSR count). The molecule has 1 saturated carbocycles. The van der Waals surface area contributed by atoms with Crippen LogP contribution in [0.2, 0.25) is 0 Å². The van der Waals surface area contributed by atoms with E-state index in [1.54, 1.807) is 19.2 Å². The summed E-state index contributed by atoms with van der Waals surface area (Å²) in [6.45, 7) is 2.64. The summed E-state index contributed by atoms with van der Waals surface area (Å²) in [6.07, 6.45) is 3.30. The number of nitrogens with zero attached hydrogens (tertiary/aromatic N) is 4. The molecule has 0 radical (unpaired) electrons. The normalized spacial score (nSPS) is 22.7. The monoisotopic (exact) mass is 464 g/mol. The van der Waals surface area contributed by atoms with Crippen molar-refractivity contribution in [1.29, 1.82) is 0 Å². The Balaban J connectivity index is 1.36. The van der Waals surface area contributed by atoms with Crippen LogP contribution in [0.3, 0.4) is 0 Å². The Bertz CT molecular complexity index is 1100. The number of imide groups is 1. The molecule has 2 aromatic rings. The molecule has 34 heavy (non-hydrogen) atoms. The van der Waals surface area contributed by atoms with E-state index in [-0.39, 0.29) is 29.3 Å². The third-order valence-corrected chi connectivity index (χ3v) is 7.29. The molecule has 2 aromatic carbocycles. The molecule has 0 aromatic heterocycles. The predicted octanol–water partition coefficient (Wildman–Crippen LogP) is 3.61. The number of hydrogen-bond donors (Lipinski definition) is 0. The molecule has 9 nitrogen and oxygen atoms in total. The number of fused-ring (bicyclic) bond motifs is 1. The number of carbonyl (C=O) groups is 2. The van der Waals surface area contributed by atoms with Crippen LogP contribution >= 0.6 is 0 Å². The van der Waals surface area contributed by atoms with Crippen LogP contribution in [-0.4, -0.2) is 50.0 Å². The molecule has 2 heterocycles. The molecule has 0 spiro atoms. The van der Waals surface area contributed by atoms with Crippen molar-refractivity contribution in [3.8, 4) is 5.75 Å². The third kappa shape index (κ3) is 3.85. The Morgan fingerprint density at radius 2 is 1.53 bits per heavy atom. The third-order valence-electron chi connectivity index (χ3n) is 7.29. The minimum absolute atomic E-state index is 0.0807. The first-order valence-electron chi connectivity index (χ1n) is 11.8. The van der Waals surface area contributed by atoms with Gasteiger partial charge in [0, 0.05) is 44.0 Å². The number of hydrogen-bond acceptors (Lipinski definition) is 7. The molecule has 1 aliphatic carbocycles. The van der Waals surface area contributed by atoms with Gasteiger partial charge in [-0.15, -0.1) is 0 Å². The van der Waals surface area contributed by atoms with E-state index in [1.807, 2.05) is 29.2 Å². The summed E-state index contributed by atoms with van der Waals surface area (Å²) in [5.41, 5.74) is 1.78. The van der Waals surface area contributed by atoms with Crippen molar-refractivity contribution in [3.63, 3.8) is 0 Å². The fraction of sp³-hybridized carbons (Fsp3) is 0.440. The van der Waals surface area contributed by atoms with Crippen LogP contribution in [0.5, 0.6) is 5.75 Å². The largest absolute Gasteiger partial charge is 0.497 e. The Morgan fingerprint density at radius 3 is 2.15 bits per heavy atom. The maximum absolute atomic E-state index is 12.9. The van der Waals surface area contributed by atoms with E-state index in [4.69, 9.17) is 4.74 Å². The molecule has 9 heteroatoms. The van der Waals surface area contributed by atoms with Gasteiger partial charge in [0.15, 0.2) is 0 Å². The predicted molar refractivity (Wildman–Crippen MR) is 128 cm³/mol. The number of amides is 2. The van der Waals surface area contributed by atoms with Gasteiger partial charge in [0.2, 0.25) is 11.8 Å². The van der Waals surface area contributed by atoms with Crippen LogP contribution < -0.4 is 19.4 Å². The highest BCUT2D eigenvalue weighted by atomic mass is 16.6. The van der Waals surface area contributed by atoms with Crippen molar-refractivity contribution >= 4 is 34.6 Å². The highest BCUT2D eigenvalue weighted by molar-refractivity contribution is 6.22. The van der Waals surface area contributed by atoms with E-state index < -0.39 is 4.92 Å². The highest BCUT2D eigenvalue weighted by Crippen LogP contribution is 2.42. The van der Waals surface area contributed by atoms with Crippen LogP contribution in [-0.2, 0) is 9.59 Å². The lowest BCUT2D eigenvalue weighted by atomic mass is 9.81. The van der Waals surface area contributed by atoms with Gasteiger partial charge >= 0.3 is 0 Å². The quantitative estimate of drug-likeness (QED) is 0.379. The summed E-state index contributed by atoms with van der Waals surface area (Å²) in [6, 6.07) is 12.6. The first-order valence-corrected chi connectivity index (χ1v) is 11.8. The van der Waals surface area contributed by atoms with Gasteiger partial charge in [-0.05, 0) is 37.1 Å².